The molecule has 0 radical (unpaired) electrons. The smallest absolute Gasteiger partial charge is 0.0103 e. The number of nitrogens with one attached hydrogen (secondary N) is 1. The van der Waals surface area contributed by atoms with Gasteiger partial charge in [-0.3, -0.25) is 0 Å². The summed E-state index contributed by atoms with van der Waals surface area (Å²) in [6, 6.07) is 0.847. The molecule has 2 rings (SSSR count). The molecule has 3 unspecified atom stereocenters. The van der Waals surface area contributed by atoms with Gasteiger partial charge in [0.1, 0.15) is 0 Å². The van der Waals surface area contributed by atoms with Gasteiger partial charge in [-0.05, 0) is 51.9 Å². The van der Waals surface area contributed by atoms with Crippen molar-refractivity contribution in [3.8, 4) is 0 Å². The molecule has 0 aliphatic heterocycles. The summed E-state index contributed by atoms with van der Waals surface area (Å²) in [5.41, 5.74) is 0.322. The van der Waals surface area contributed by atoms with E-state index in [1.54, 1.807) is 0 Å². The Kier molecular flexibility index (Phi) is 1.54. The van der Waals surface area contributed by atoms with E-state index in [0.717, 1.165) is 17.9 Å². The minimum Gasteiger partial charge on any atom is -0.309 e. The van der Waals surface area contributed by atoms with E-state index in [0.29, 0.717) is 5.54 Å². The molecule has 11 heavy (non-hydrogen) atoms. The molecule has 1 nitrogen and oxygen atoms in total. The highest BCUT2D eigenvalue weighted by Crippen LogP contribution is 2.52. The summed E-state index contributed by atoms with van der Waals surface area (Å²) >= 11 is 0. The maximum Gasteiger partial charge on any atom is 0.0103 e. The number of hydrogen-bond acceptors (Lipinski definition) is 1. The fraction of sp³-hybridized carbons (Fsp3) is 1.00. The van der Waals surface area contributed by atoms with Crippen LogP contribution >= 0.6 is 0 Å². The van der Waals surface area contributed by atoms with Gasteiger partial charge >= 0.3 is 0 Å². The van der Waals surface area contributed by atoms with Gasteiger partial charge in [0, 0.05) is 11.6 Å². The van der Waals surface area contributed by atoms with E-state index in [2.05, 4.69) is 26.1 Å². The molecular weight excluding hydrogens is 134 g/mol. The van der Waals surface area contributed by atoms with Crippen LogP contribution in [0.4, 0.5) is 0 Å². The molecule has 2 fully saturated rings. The van der Waals surface area contributed by atoms with Gasteiger partial charge < -0.3 is 5.32 Å². The molecule has 0 saturated heterocycles. The van der Waals surface area contributed by atoms with Crippen molar-refractivity contribution in [2.45, 2.75) is 51.6 Å². The van der Waals surface area contributed by atoms with Crippen LogP contribution in [0.15, 0.2) is 0 Å². The van der Waals surface area contributed by atoms with E-state index in [9.17, 15) is 0 Å². The second kappa shape index (κ2) is 2.22. The Morgan fingerprint density at radius 3 is 2.27 bits per heavy atom. The monoisotopic (exact) mass is 153 g/mol. The molecule has 0 heterocycles. The summed E-state index contributed by atoms with van der Waals surface area (Å²) < 4.78 is 0. The summed E-state index contributed by atoms with van der Waals surface area (Å²) in [5, 5.41) is 3.71. The van der Waals surface area contributed by atoms with Crippen molar-refractivity contribution in [3.63, 3.8) is 0 Å². The SMILES string of the molecule is CC(C)(C)NC1CCC2CC21. The van der Waals surface area contributed by atoms with Crippen molar-refractivity contribution < 1.29 is 0 Å². The maximum atomic E-state index is 3.71. The highest BCUT2D eigenvalue weighted by molar-refractivity contribution is 5.02. The van der Waals surface area contributed by atoms with Crippen molar-refractivity contribution in [2.24, 2.45) is 11.8 Å². The van der Waals surface area contributed by atoms with E-state index in [-0.39, 0.29) is 0 Å². The predicted molar refractivity (Wildman–Crippen MR) is 47.5 cm³/mol. The van der Waals surface area contributed by atoms with Gasteiger partial charge in [-0.2, -0.15) is 0 Å². The molecule has 2 saturated carbocycles. The van der Waals surface area contributed by atoms with Crippen LogP contribution in [0.1, 0.15) is 40.0 Å². The van der Waals surface area contributed by atoms with Crippen molar-refractivity contribution in [3.05, 3.63) is 0 Å². The van der Waals surface area contributed by atoms with Crippen LogP contribution in [0.3, 0.4) is 0 Å². The quantitative estimate of drug-likeness (QED) is 0.609. The fourth-order valence-corrected chi connectivity index (χ4v) is 2.44. The van der Waals surface area contributed by atoms with Gasteiger partial charge in [-0.15, -0.1) is 0 Å². The summed E-state index contributed by atoms with van der Waals surface area (Å²) in [4.78, 5) is 0. The summed E-state index contributed by atoms with van der Waals surface area (Å²) in [7, 11) is 0. The molecule has 0 aromatic heterocycles. The van der Waals surface area contributed by atoms with Crippen LogP contribution in [-0.2, 0) is 0 Å². The van der Waals surface area contributed by atoms with Crippen LogP contribution in [0, 0.1) is 11.8 Å². The van der Waals surface area contributed by atoms with Crippen molar-refractivity contribution in [2.75, 3.05) is 0 Å². The van der Waals surface area contributed by atoms with Crippen molar-refractivity contribution in [1.82, 2.24) is 5.32 Å². The van der Waals surface area contributed by atoms with Gasteiger partial charge in [-0.25, -0.2) is 0 Å². The predicted octanol–water partition coefficient (Wildman–Crippen LogP) is 2.17. The largest absolute Gasteiger partial charge is 0.309 e. The third-order valence-electron chi connectivity index (χ3n) is 2.96. The lowest BCUT2D eigenvalue weighted by Gasteiger charge is -2.26. The van der Waals surface area contributed by atoms with Gasteiger partial charge in [0.15, 0.2) is 0 Å². The molecule has 1 heteroatoms. The second-order valence-electron chi connectivity index (χ2n) is 5.24. The zero-order valence-electron chi connectivity index (χ0n) is 7.85. The van der Waals surface area contributed by atoms with Crippen LogP contribution in [-0.4, -0.2) is 11.6 Å². The van der Waals surface area contributed by atoms with Gasteiger partial charge in [0.25, 0.3) is 0 Å². The fourth-order valence-electron chi connectivity index (χ4n) is 2.44. The Morgan fingerprint density at radius 2 is 1.91 bits per heavy atom. The van der Waals surface area contributed by atoms with Gasteiger partial charge in [0.05, 0.1) is 0 Å². The van der Waals surface area contributed by atoms with Crippen LogP contribution in [0.25, 0.3) is 0 Å². The Balaban J connectivity index is 1.87. The minimum absolute atomic E-state index is 0.322. The second-order valence-corrected chi connectivity index (χ2v) is 5.24. The first-order valence-corrected chi connectivity index (χ1v) is 4.84. The zero-order chi connectivity index (χ0) is 8.06. The van der Waals surface area contributed by atoms with E-state index in [1.165, 1.54) is 19.3 Å². The molecule has 3 atom stereocenters. The molecule has 64 valence electrons. The first-order chi connectivity index (χ1) is 5.06. The molecule has 2 aliphatic rings. The first-order valence-electron chi connectivity index (χ1n) is 4.84. The van der Waals surface area contributed by atoms with Crippen LogP contribution < -0.4 is 5.32 Å². The Morgan fingerprint density at radius 1 is 1.18 bits per heavy atom. The molecule has 0 aromatic rings. The molecule has 0 amide bonds. The van der Waals surface area contributed by atoms with E-state index < -0.39 is 0 Å². The minimum atomic E-state index is 0.322. The topological polar surface area (TPSA) is 12.0 Å². The molecule has 0 aromatic carbocycles. The highest BCUT2D eigenvalue weighted by atomic mass is 15.0. The summed E-state index contributed by atoms with van der Waals surface area (Å²) in [6.07, 6.45) is 4.42. The molecule has 0 spiro atoms. The van der Waals surface area contributed by atoms with E-state index in [1.807, 2.05) is 0 Å². The standard InChI is InChI=1S/C10H19N/c1-10(2,3)11-9-5-4-7-6-8(7)9/h7-9,11H,4-6H2,1-3H3. The van der Waals surface area contributed by atoms with Gasteiger partial charge in [-0.1, -0.05) is 0 Å². The maximum absolute atomic E-state index is 3.71. The Bertz CT molecular complexity index is 157. The summed E-state index contributed by atoms with van der Waals surface area (Å²) in [5.74, 6) is 2.16. The van der Waals surface area contributed by atoms with Crippen LogP contribution in [0.2, 0.25) is 0 Å². The third kappa shape index (κ3) is 1.58. The molecule has 0 bridgehead atoms. The first kappa shape index (κ1) is 7.60. The normalized spacial score (nSPS) is 42.3. The lowest BCUT2D eigenvalue weighted by atomic mass is 10.0. The number of rotatable bonds is 1. The number of hydrogen-bond donors (Lipinski definition) is 1. The van der Waals surface area contributed by atoms with Crippen molar-refractivity contribution in [1.29, 1.82) is 0 Å². The molecular formula is C10H19N. The Labute approximate surface area is 69.6 Å². The van der Waals surface area contributed by atoms with E-state index >= 15 is 0 Å². The third-order valence-corrected chi connectivity index (χ3v) is 2.96. The number of fused-ring (bicyclic) bond motifs is 1. The zero-order valence-corrected chi connectivity index (χ0v) is 7.85. The summed E-state index contributed by atoms with van der Waals surface area (Å²) in [6.45, 7) is 6.80. The van der Waals surface area contributed by atoms with E-state index in [4.69, 9.17) is 0 Å². The average Bonchev–Trinajstić information content (AvgIpc) is 2.50. The highest BCUT2D eigenvalue weighted by Gasteiger charge is 2.48. The van der Waals surface area contributed by atoms with Crippen molar-refractivity contribution >= 4 is 0 Å². The van der Waals surface area contributed by atoms with Crippen LogP contribution in [0.5, 0.6) is 0 Å². The molecule has 2 aliphatic carbocycles. The lowest BCUT2D eigenvalue weighted by Crippen LogP contribution is -2.43. The Hall–Kier alpha value is -0.0400. The lowest BCUT2D eigenvalue weighted by molar-refractivity contribution is 0.340. The van der Waals surface area contributed by atoms with Gasteiger partial charge in [0.2, 0.25) is 0 Å². The molecule has 1 N–H and O–H groups in total. The average molecular weight is 153 g/mol.